The Hall–Kier alpha value is -0.0800. The lowest BCUT2D eigenvalue weighted by Gasteiger charge is -2.49. The van der Waals surface area contributed by atoms with Crippen LogP contribution < -0.4 is 5.32 Å². The van der Waals surface area contributed by atoms with Gasteiger partial charge in [-0.1, -0.05) is 27.2 Å². The fraction of sp³-hybridized carbons (Fsp3) is 1.00. The third kappa shape index (κ3) is 3.03. The van der Waals surface area contributed by atoms with E-state index in [-0.39, 0.29) is 5.60 Å². The summed E-state index contributed by atoms with van der Waals surface area (Å²) in [6.07, 6.45) is 7.68. The van der Waals surface area contributed by atoms with Gasteiger partial charge in [0.1, 0.15) is 0 Å². The predicted octanol–water partition coefficient (Wildman–Crippen LogP) is 3.36. The molecule has 1 aliphatic carbocycles. The van der Waals surface area contributed by atoms with Crippen molar-refractivity contribution in [3.8, 4) is 0 Å². The zero-order valence-electron chi connectivity index (χ0n) is 11.8. The highest BCUT2D eigenvalue weighted by Crippen LogP contribution is 2.44. The van der Waals surface area contributed by atoms with Crippen LogP contribution in [-0.4, -0.2) is 24.8 Å². The van der Waals surface area contributed by atoms with E-state index in [1.165, 1.54) is 38.5 Å². The number of ether oxygens (including phenoxy) is 1. The molecule has 1 aliphatic heterocycles. The van der Waals surface area contributed by atoms with Crippen molar-refractivity contribution in [3.63, 3.8) is 0 Å². The van der Waals surface area contributed by atoms with E-state index in [0.29, 0.717) is 6.04 Å². The highest BCUT2D eigenvalue weighted by Gasteiger charge is 2.44. The molecule has 1 saturated carbocycles. The van der Waals surface area contributed by atoms with Crippen molar-refractivity contribution in [2.75, 3.05) is 13.2 Å². The van der Waals surface area contributed by atoms with Gasteiger partial charge in [-0.2, -0.15) is 0 Å². The summed E-state index contributed by atoms with van der Waals surface area (Å²) >= 11 is 0. The van der Waals surface area contributed by atoms with Crippen molar-refractivity contribution in [1.29, 1.82) is 0 Å². The van der Waals surface area contributed by atoms with E-state index in [2.05, 4.69) is 26.1 Å². The van der Waals surface area contributed by atoms with Crippen LogP contribution in [0.15, 0.2) is 0 Å². The van der Waals surface area contributed by atoms with Gasteiger partial charge >= 0.3 is 0 Å². The van der Waals surface area contributed by atoms with Crippen LogP contribution >= 0.6 is 0 Å². The smallest absolute Gasteiger partial charge is 0.0725 e. The Morgan fingerprint density at radius 3 is 2.76 bits per heavy atom. The molecule has 0 radical (unpaired) electrons. The molecule has 1 saturated heterocycles. The maximum atomic E-state index is 6.26. The Morgan fingerprint density at radius 1 is 1.18 bits per heavy atom. The van der Waals surface area contributed by atoms with Gasteiger partial charge in [-0.15, -0.1) is 0 Å². The van der Waals surface area contributed by atoms with Crippen molar-refractivity contribution < 1.29 is 4.74 Å². The average Bonchev–Trinajstić information content (AvgIpc) is 2.32. The first kappa shape index (κ1) is 13.4. The van der Waals surface area contributed by atoms with E-state index in [0.717, 1.165) is 25.0 Å². The monoisotopic (exact) mass is 239 g/mol. The largest absolute Gasteiger partial charge is 0.375 e. The highest BCUT2D eigenvalue weighted by atomic mass is 16.5. The normalized spacial score (nSPS) is 42.9. The van der Waals surface area contributed by atoms with Gasteiger partial charge in [0.05, 0.1) is 5.60 Å². The van der Waals surface area contributed by atoms with Crippen molar-refractivity contribution in [3.05, 3.63) is 0 Å². The van der Waals surface area contributed by atoms with Crippen molar-refractivity contribution in [1.82, 2.24) is 5.32 Å². The molecule has 4 atom stereocenters. The maximum absolute atomic E-state index is 6.26. The minimum atomic E-state index is 0.196. The third-order valence-corrected chi connectivity index (χ3v) is 4.82. The van der Waals surface area contributed by atoms with Crippen LogP contribution in [0.2, 0.25) is 0 Å². The van der Waals surface area contributed by atoms with Gasteiger partial charge < -0.3 is 10.1 Å². The Bertz CT molecular complexity index is 243. The van der Waals surface area contributed by atoms with Gasteiger partial charge in [-0.05, 0) is 50.5 Å². The molecule has 2 fully saturated rings. The number of rotatable bonds is 3. The lowest BCUT2D eigenvalue weighted by atomic mass is 9.68. The quantitative estimate of drug-likeness (QED) is 0.815. The van der Waals surface area contributed by atoms with Gasteiger partial charge in [-0.25, -0.2) is 0 Å². The Kier molecular flexibility index (Phi) is 4.48. The molecular formula is C15H29NO. The van der Waals surface area contributed by atoms with Crippen LogP contribution in [0.1, 0.15) is 59.3 Å². The average molecular weight is 239 g/mol. The molecule has 2 aliphatic rings. The van der Waals surface area contributed by atoms with Gasteiger partial charge in [0.15, 0.2) is 0 Å². The van der Waals surface area contributed by atoms with E-state index in [1.54, 1.807) is 0 Å². The topological polar surface area (TPSA) is 21.3 Å². The fourth-order valence-electron chi connectivity index (χ4n) is 3.68. The summed E-state index contributed by atoms with van der Waals surface area (Å²) in [6.45, 7) is 9.14. The molecule has 0 amide bonds. The zero-order chi connectivity index (χ0) is 12.3. The van der Waals surface area contributed by atoms with Crippen molar-refractivity contribution in [2.45, 2.75) is 70.9 Å². The van der Waals surface area contributed by atoms with Gasteiger partial charge in [0.2, 0.25) is 0 Å². The molecule has 0 bridgehead atoms. The van der Waals surface area contributed by atoms with Crippen LogP contribution in [0, 0.1) is 11.8 Å². The van der Waals surface area contributed by atoms with Gasteiger partial charge in [0.25, 0.3) is 0 Å². The number of nitrogens with one attached hydrogen (secondary N) is 1. The minimum absolute atomic E-state index is 0.196. The predicted molar refractivity (Wildman–Crippen MR) is 72.2 cm³/mol. The summed E-state index contributed by atoms with van der Waals surface area (Å²) in [5.41, 5.74) is 0.196. The fourth-order valence-corrected chi connectivity index (χ4v) is 3.68. The van der Waals surface area contributed by atoms with Gasteiger partial charge in [-0.3, -0.25) is 0 Å². The first-order valence-electron chi connectivity index (χ1n) is 7.53. The van der Waals surface area contributed by atoms with E-state index in [4.69, 9.17) is 4.74 Å². The lowest BCUT2D eigenvalue weighted by Crippen LogP contribution is -2.53. The van der Waals surface area contributed by atoms with Crippen LogP contribution in [0.4, 0.5) is 0 Å². The maximum Gasteiger partial charge on any atom is 0.0725 e. The third-order valence-electron chi connectivity index (χ3n) is 4.82. The standard InChI is InChI=1S/C15H29NO/c1-4-8-16-14-7-9-17-15(11-14)10-12(2)5-6-13(15)3/h12-14,16H,4-11H2,1-3H3. The van der Waals surface area contributed by atoms with Crippen LogP contribution in [0.5, 0.6) is 0 Å². The molecule has 1 heterocycles. The molecule has 0 aromatic heterocycles. The Labute approximate surface area is 107 Å². The van der Waals surface area contributed by atoms with Gasteiger partial charge in [0, 0.05) is 12.6 Å². The minimum Gasteiger partial charge on any atom is -0.375 e. The SMILES string of the molecule is CCCNC1CCOC2(CC(C)CCC2C)C1. The molecule has 2 nitrogen and oxygen atoms in total. The summed E-state index contributed by atoms with van der Waals surface area (Å²) in [5.74, 6) is 1.58. The molecule has 17 heavy (non-hydrogen) atoms. The first-order chi connectivity index (χ1) is 8.16. The van der Waals surface area contributed by atoms with E-state index in [9.17, 15) is 0 Å². The molecular weight excluding hydrogens is 210 g/mol. The van der Waals surface area contributed by atoms with E-state index < -0.39 is 0 Å². The Balaban J connectivity index is 1.97. The Morgan fingerprint density at radius 2 is 2.00 bits per heavy atom. The second-order valence-electron chi connectivity index (χ2n) is 6.34. The van der Waals surface area contributed by atoms with Crippen LogP contribution in [0.3, 0.4) is 0 Å². The second kappa shape index (κ2) is 5.71. The molecule has 1 N–H and O–H groups in total. The van der Waals surface area contributed by atoms with E-state index >= 15 is 0 Å². The molecule has 0 aromatic rings. The summed E-state index contributed by atoms with van der Waals surface area (Å²) < 4.78 is 6.26. The van der Waals surface area contributed by atoms with Crippen molar-refractivity contribution in [2.24, 2.45) is 11.8 Å². The molecule has 2 rings (SSSR count). The molecule has 1 spiro atoms. The number of hydrogen-bond donors (Lipinski definition) is 1. The van der Waals surface area contributed by atoms with Crippen LogP contribution in [-0.2, 0) is 4.74 Å². The summed E-state index contributed by atoms with van der Waals surface area (Å²) in [4.78, 5) is 0. The summed E-state index contributed by atoms with van der Waals surface area (Å²) in [5, 5.41) is 3.70. The van der Waals surface area contributed by atoms with E-state index in [1.807, 2.05) is 0 Å². The number of hydrogen-bond acceptors (Lipinski definition) is 2. The molecule has 4 unspecified atom stereocenters. The first-order valence-corrected chi connectivity index (χ1v) is 7.53. The lowest BCUT2D eigenvalue weighted by molar-refractivity contribution is -0.147. The second-order valence-corrected chi connectivity index (χ2v) is 6.34. The molecule has 2 heteroatoms. The molecule has 100 valence electrons. The highest BCUT2D eigenvalue weighted by molar-refractivity contribution is 4.97. The van der Waals surface area contributed by atoms with Crippen molar-refractivity contribution >= 4 is 0 Å². The summed E-state index contributed by atoms with van der Waals surface area (Å²) in [6, 6.07) is 0.691. The zero-order valence-corrected chi connectivity index (χ0v) is 11.8. The van der Waals surface area contributed by atoms with Crippen LogP contribution in [0.25, 0.3) is 0 Å². The molecule has 0 aromatic carbocycles. The summed E-state index contributed by atoms with van der Waals surface area (Å²) in [7, 11) is 0.